The SMILES string of the molecule is COc1ccc2[nH]c3c(=O)n(/N=C\c4cccc(OC)c4O)c(=O)[nH]c3c2c1. The van der Waals surface area contributed by atoms with Crippen LogP contribution in [0.3, 0.4) is 0 Å². The summed E-state index contributed by atoms with van der Waals surface area (Å²) in [4.78, 5) is 30.9. The van der Waals surface area contributed by atoms with Crippen LogP contribution >= 0.6 is 0 Å². The third-order valence-electron chi connectivity index (χ3n) is 4.40. The fourth-order valence-electron chi connectivity index (χ4n) is 2.98. The highest BCUT2D eigenvalue weighted by atomic mass is 16.5. The Morgan fingerprint density at radius 1 is 1.07 bits per heavy atom. The number of aromatic hydroxyl groups is 1. The van der Waals surface area contributed by atoms with E-state index in [2.05, 4.69) is 15.1 Å². The summed E-state index contributed by atoms with van der Waals surface area (Å²) in [6.07, 6.45) is 1.21. The number of para-hydroxylation sites is 1. The molecule has 3 N–H and O–H groups in total. The smallest absolute Gasteiger partial charge is 0.350 e. The van der Waals surface area contributed by atoms with Gasteiger partial charge in [-0.3, -0.25) is 4.79 Å². The van der Waals surface area contributed by atoms with E-state index in [1.54, 1.807) is 36.4 Å². The summed E-state index contributed by atoms with van der Waals surface area (Å²) in [6, 6.07) is 10.0. The van der Waals surface area contributed by atoms with E-state index in [0.29, 0.717) is 32.4 Å². The van der Waals surface area contributed by atoms with E-state index in [-0.39, 0.29) is 17.0 Å². The number of nitrogens with zero attached hydrogens (tertiary/aromatic N) is 2. The second-order valence-electron chi connectivity index (χ2n) is 5.98. The van der Waals surface area contributed by atoms with Crippen LogP contribution in [-0.4, -0.2) is 40.2 Å². The number of ether oxygens (including phenoxy) is 2. The van der Waals surface area contributed by atoms with Gasteiger partial charge in [-0.1, -0.05) is 6.07 Å². The fourth-order valence-corrected chi connectivity index (χ4v) is 2.98. The van der Waals surface area contributed by atoms with Gasteiger partial charge in [0.15, 0.2) is 11.5 Å². The van der Waals surface area contributed by atoms with Gasteiger partial charge in [0.2, 0.25) is 0 Å². The molecule has 28 heavy (non-hydrogen) atoms. The van der Waals surface area contributed by atoms with Crippen molar-refractivity contribution in [2.24, 2.45) is 5.10 Å². The largest absolute Gasteiger partial charge is 0.504 e. The molecule has 4 aromatic rings. The maximum atomic E-state index is 12.8. The van der Waals surface area contributed by atoms with Gasteiger partial charge in [-0.2, -0.15) is 5.10 Å². The molecule has 0 aliphatic rings. The van der Waals surface area contributed by atoms with Crippen molar-refractivity contribution in [1.29, 1.82) is 0 Å². The minimum absolute atomic E-state index is 0.142. The molecular weight excluding hydrogens is 364 g/mol. The van der Waals surface area contributed by atoms with Crippen LogP contribution in [0.1, 0.15) is 5.56 Å². The average molecular weight is 380 g/mol. The molecule has 2 aromatic carbocycles. The predicted octanol–water partition coefficient (Wildman–Crippen LogP) is 1.78. The van der Waals surface area contributed by atoms with E-state index < -0.39 is 11.2 Å². The number of fused-ring (bicyclic) bond motifs is 3. The number of methoxy groups -OCH3 is 2. The van der Waals surface area contributed by atoms with Gasteiger partial charge in [0.1, 0.15) is 11.3 Å². The molecule has 9 heteroatoms. The molecule has 0 atom stereocenters. The van der Waals surface area contributed by atoms with Crippen molar-refractivity contribution in [1.82, 2.24) is 14.6 Å². The van der Waals surface area contributed by atoms with Crippen molar-refractivity contribution < 1.29 is 14.6 Å². The molecule has 0 bridgehead atoms. The van der Waals surface area contributed by atoms with E-state index in [9.17, 15) is 14.7 Å². The zero-order valence-corrected chi connectivity index (χ0v) is 15.0. The fraction of sp³-hybridized carbons (Fsp3) is 0.105. The summed E-state index contributed by atoms with van der Waals surface area (Å²) in [5, 5.41) is 14.7. The van der Waals surface area contributed by atoms with E-state index in [1.165, 1.54) is 20.4 Å². The van der Waals surface area contributed by atoms with Crippen LogP contribution < -0.4 is 20.7 Å². The van der Waals surface area contributed by atoms with E-state index in [1.807, 2.05) is 0 Å². The lowest BCUT2D eigenvalue weighted by molar-refractivity contribution is 0.373. The number of nitrogens with one attached hydrogen (secondary N) is 2. The van der Waals surface area contributed by atoms with Gasteiger partial charge in [0.25, 0.3) is 0 Å². The van der Waals surface area contributed by atoms with Gasteiger partial charge in [0.05, 0.1) is 26.0 Å². The Kier molecular flexibility index (Phi) is 4.11. The first-order valence-corrected chi connectivity index (χ1v) is 8.28. The molecule has 0 amide bonds. The Bertz CT molecular complexity index is 1350. The van der Waals surface area contributed by atoms with Crippen LogP contribution in [0.15, 0.2) is 51.1 Å². The first-order chi connectivity index (χ1) is 13.5. The number of phenols is 1. The third kappa shape index (κ3) is 2.69. The summed E-state index contributed by atoms with van der Waals surface area (Å²) in [6.45, 7) is 0. The van der Waals surface area contributed by atoms with Crippen LogP contribution in [0.4, 0.5) is 0 Å². The molecule has 0 aliphatic carbocycles. The van der Waals surface area contributed by atoms with Gasteiger partial charge in [0, 0.05) is 16.5 Å². The molecule has 0 radical (unpaired) electrons. The van der Waals surface area contributed by atoms with E-state index >= 15 is 0 Å². The summed E-state index contributed by atoms with van der Waals surface area (Å²) in [7, 11) is 2.96. The quantitative estimate of drug-likeness (QED) is 0.466. The molecule has 2 heterocycles. The zero-order chi connectivity index (χ0) is 19.8. The number of H-pyrrole nitrogens is 2. The predicted molar refractivity (Wildman–Crippen MR) is 105 cm³/mol. The van der Waals surface area contributed by atoms with E-state index in [4.69, 9.17) is 9.47 Å². The number of phenolic OH excluding ortho intramolecular Hbond substituents is 1. The Morgan fingerprint density at radius 2 is 1.89 bits per heavy atom. The minimum atomic E-state index is -0.708. The topological polar surface area (TPSA) is 122 Å². The van der Waals surface area contributed by atoms with Crippen LogP contribution in [0.5, 0.6) is 17.2 Å². The van der Waals surface area contributed by atoms with Crippen molar-refractivity contribution in [2.45, 2.75) is 0 Å². The lowest BCUT2D eigenvalue weighted by atomic mass is 10.2. The van der Waals surface area contributed by atoms with Crippen LogP contribution in [0, 0.1) is 0 Å². The molecule has 142 valence electrons. The maximum absolute atomic E-state index is 12.8. The van der Waals surface area contributed by atoms with Gasteiger partial charge < -0.3 is 24.5 Å². The Hall–Kier alpha value is -4.01. The normalized spacial score (nSPS) is 11.5. The number of aromatic nitrogens is 3. The van der Waals surface area contributed by atoms with Crippen molar-refractivity contribution in [3.63, 3.8) is 0 Å². The first-order valence-electron chi connectivity index (χ1n) is 8.28. The molecule has 4 rings (SSSR count). The number of hydrogen-bond donors (Lipinski definition) is 3. The number of benzene rings is 2. The molecule has 0 unspecified atom stereocenters. The molecule has 9 nitrogen and oxygen atoms in total. The van der Waals surface area contributed by atoms with Crippen molar-refractivity contribution >= 4 is 28.2 Å². The maximum Gasteiger partial charge on any atom is 0.350 e. The highest BCUT2D eigenvalue weighted by molar-refractivity contribution is 6.04. The standard InChI is InChI=1S/C19H16N4O5/c1-27-11-6-7-13-12(8-11)15-16(21-13)18(25)23(19(26)22-15)20-9-10-4-3-5-14(28-2)17(10)24/h3-9,21,24H,1-2H3,(H,22,26)/b20-9-. The van der Waals surface area contributed by atoms with Crippen molar-refractivity contribution in [2.75, 3.05) is 14.2 Å². The Balaban J connectivity index is 1.88. The summed E-state index contributed by atoms with van der Waals surface area (Å²) >= 11 is 0. The molecule has 0 aliphatic heterocycles. The van der Waals surface area contributed by atoms with Crippen molar-refractivity contribution in [3.05, 3.63) is 62.8 Å². The Morgan fingerprint density at radius 3 is 2.64 bits per heavy atom. The van der Waals surface area contributed by atoms with Crippen LogP contribution in [0.25, 0.3) is 21.9 Å². The monoisotopic (exact) mass is 380 g/mol. The van der Waals surface area contributed by atoms with Crippen LogP contribution in [0.2, 0.25) is 0 Å². The van der Waals surface area contributed by atoms with Gasteiger partial charge >= 0.3 is 11.2 Å². The minimum Gasteiger partial charge on any atom is -0.504 e. The summed E-state index contributed by atoms with van der Waals surface area (Å²) in [5.41, 5.74) is 0.227. The van der Waals surface area contributed by atoms with E-state index in [0.717, 1.165) is 0 Å². The summed E-state index contributed by atoms with van der Waals surface area (Å²) < 4.78 is 10.9. The molecular formula is C19H16N4O5. The molecule has 0 fully saturated rings. The number of hydrogen-bond acceptors (Lipinski definition) is 6. The lowest BCUT2D eigenvalue weighted by Gasteiger charge is -2.05. The average Bonchev–Trinajstić information content (AvgIpc) is 3.06. The van der Waals surface area contributed by atoms with Gasteiger partial charge in [-0.25, -0.2) is 4.79 Å². The summed E-state index contributed by atoms with van der Waals surface area (Å²) in [5.74, 6) is 0.715. The van der Waals surface area contributed by atoms with Crippen LogP contribution in [-0.2, 0) is 0 Å². The zero-order valence-electron chi connectivity index (χ0n) is 15.0. The highest BCUT2D eigenvalue weighted by Gasteiger charge is 2.13. The Labute approximate surface area is 157 Å². The molecule has 0 saturated heterocycles. The third-order valence-corrected chi connectivity index (χ3v) is 4.40. The number of aromatic amines is 2. The number of rotatable bonds is 4. The molecule has 2 aromatic heterocycles. The first kappa shape index (κ1) is 17.4. The van der Waals surface area contributed by atoms with Gasteiger partial charge in [-0.05, 0) is 30.3 Å². The lowest BCUT2D eigenvalue weighted by Crippen LogP contribution is -2.32. The van der Waals surface area contributed by atoms with Crippen molar-refractivity contribution in [3.8, 4) is 17.2 Å². The molecule has 0 saturated carbocycles. The second kappa shape index (κ2) is 6.62. The van der Waals surface area contributed by atoms with Gasteiger partial charge in [-0.15, -0.1) is 4.68 Å². The second-order valence-corrected chi connectivity index (χ2v) is 5.98. The highest BCUT2D eigenvalue weighted by Crippen LogP contribution is 2.28. The molecule has 0 spiro atoms.